The topological polar surface area (TPSA) is 140 Å². The lowest BCUT2D eigenvalue weighted by Crippen LogP contribution is -2.17. The average molecular weight is 524 g/mol. The van der Waals surface area contributed by atoms with Gasteiger partial charge in [-0.3, -0.25) is 10.4 Å². The van der Waals surface area contributed by atoms with Crippen molar-refractivity contribution in [2.75, 3.05) is 11.9 Å². The molecule has 2 atom stereocenters. The zero-order valence-corrected chi connectivity index (χ0v) is 21.7. The van der Waals surface area contributed by atoms with Crippen LogP contribution in [0.5, 0.6) is 0 Å². The molecule has 4 N–H and O–H groups in total. The number of nitrogens with zero attached hydrogens (tertiary/aromatic N) is 4. The standard InChI is InChI=1S/C29H29N7O3/c1-3-38-29(37)27(20-5-4-12-32-15-20)39-34-16-21-13-23(21)19-8-11-25-24(14-19)35-26(36(25)2)17-33-22-9-6-18(7-10-22)28(30)31/h4-12,14-15,23,27,33H,3,13,17H2,1-2H3,(H3,30,31). The van der Waals surface area contributed by atoms with E-state index in [9.17, 15) is 4.79 Å². The van der Waals surface area contributed by atoms with E-state index >= 15 is 0 Å². The molecule has 1 aliphatic carbocycles. The van der Waals surface area contributed by atoms with Crippen LogP contribution in [0, 0.1) is 5.41 Å². The molecule has 2 heterocycles. The molecule has 39 heavy (non-hydrogen) atoms. The molecule has 10 nitrogen and oxygen atoms in total. The number of carbonyl (C=O) groups is 1. The van der Waals surface area contributed by atoms with Crippen molar-refractivity contribution in [2.24, 2.45) is 17.9 Å². The highest BCUT2D eigenvalue weighted by atomic mass is 16.7. The van der Waals surface area contributed by atoms with Gasteiger partial charge in [0.25, 0.3) is 6.10 Å². The van der Waals surface area contributed by atoms with Gasteiger partial charge >= 0.3 is 5.97 Å². The van der Waals surface area contributed by atoms with E-state index in [-0.39, 0.29) is 18.4 Å². The van der Waals surface area contributed by atoms with Crippen molar-refractivity contribution in [3.05, 3.63) is 95.1 Å². The van der Waals surface area contributed by atoms with E-state index in [2.05, 4.69) is 44.1 Å². The molecule has 0 aliphatic heterocycles. The second kappa shape index (κ2) is 11.2. The number of hydrogen-bond donors (Lipinski definition) is 3. The summed E-state index contributed by atoms with van der Waals surface area (Å²) in [6, 6.07) is 17.2. The van der Waals surface area contributed by atoms with Gasteiger partial charge in [0.15, 0.2) is 0 Å². The number of carbonyl (C=O) groups excluding carboxylic acids is 1. The molecule has 0 spiro atoms. The van der Waals surface area contributed by atoms with E-state index in [4.69, 9.17) is 25.7 Å². The van der Waals surface area contributed by atoms with Gasteiger partial charge in [0.1, 0.15) is 11.7 Å². The van der Waals surface area contributed by atoms with Crippen LogP contribution in [0.15, 0.2) is 77.7 Å². The minimum Gasteiger partial charge on any atom is -0.463 e. The van der Waals surface area contributed by atoms with Crippen molar-refractivity contribution in [1.29, 1.82) is 5.41 Å². The molecule has 10 heteroatoms. The summed E-state index contributed by atoms with van der Waals surface area (Å²) in [5.74, 6) is 3.56. The van der Waals surface area contributed by atoms with E-state index < -0.39 is 12.1 Å². The first kappa shape index (κ1) is 25.7. The van der Waals surface area contributed by atoms with Crippen LogP contribution < -0.4 is 11.1 Å². The molecule has 0 bridgehead atoms. The Hall–Kier alpha value is -4.95. The Morgan fingerprint density at radius 2 is 2.10 bits per heavy atom. The summed E-state index contributed by atoms with van der Waals surface area (Å²) in [4.78, 5) is 26.7. The number of hydrogen-bond acceptors (Lipinski definition) is 8. The zero-order valence-electron chi connectivity index (χ0n) is 21.7. The number of fused-ring (bicyclic) bond motifs is 1. The van der Waals surface area contributed by atoms with E-state index in [1.165, 1.54) is 0 Å². The van der Waals surface area contributed by atoms with Crippen LogP contribution >= 0.6 is 0 Å². The number of aromatic nitrogens is 3. The number of pyridine rings is 1. The summed E-state index contributed by atoms with van der Waals surface area (Å²) in [6.45, 7) is 2.54. The van der Waals surface area contributed by atoms with Crippen LogP contribution in [-0.2, 0) is 28.0 Å². The fraction of sp³-hybridized carbons (Fsp3) is 0.241. The van der Waals surface area contributed by atoms with Crippen LogP contribution in [0.25, 0.3) is 11.0 Å². The number of allylic oxidation sites excluding steroid dienone is 1. The van der Waals surface area contributed by atoms with Crippen LogP contribution in [0.1, 0.15) is 47.9 Å². The van der Waals surface area contributed by atoms with Gasteiger partial charge in [-0.15, -0.1) is 0 Å². The summed E-state index contributed by atoms with van der Waals surface area (Å²) in [5, 5.41) is 14.9. The molecular formula is C29H29N7O3. The molecule has 1 fully saturated rings. The molecule has 0 saturated heterocycles. The van der Waals surface area contributed by atoms with Crippen molar-refractivity contribution in [2.45, 2.75) is 31.9 Å². The van der Waals surface area contributed by atoms with Gasteiger partial charge in [0.05, 0.1) is 24.2 Å². The predicted molar refractivity (Wildman–Crippen MR) is 149 cm³/mol. The van der Waals surface area contributed by atoms with Crippen LogP contribution in [0.2, 0.25) is 0 Å². The molecule has 5 rings (SSSR count). The van der Waals surface area contributed by atoms with Crippen molar-refractivity contribution < 1.29 is 14.4 Å². The van der Waals surface area contributed by atoms with E-state index in [0.717, 1.165) is 40.1 Å². The zero-order chi connectivity index (χ0) is 27.4. The third-order valence-electron chi connectivity index (χ3n) is 6.57. The van der Waals surface area contributed by atoms with E-state index in [1.807, 2.05) is 31.3 Å². The number of nitrogens with one attached hydrogen (secondary N) is 2. The van der Waals surface area contributed by atoms with Gasteiger partial charge in [0, 0.05) is 53.6 Å². The Morgan fingerprint density at radius 1 is 1.28 bits per heavy atom. The monoisotopic (exact) mass is 523 g/mol. The fourth-order valence-electron chi connectivity index (χ4n) is 4.32. The number of rotatable bonds is 10. The lowest BCUT2D eigenvalue weighted by molar-refractivity contribution is -0.157. The summed E-state index contributed by atoms with van der Waals surface area (Å²) in [7, 11) is 2.00. The molecule has 2 aromatic carbocycles. The van der Waals surface area contributed by atoms with E-state index in [0.29, 0.717) is 17.7 Å². The number of amidine groups is 1. The Morgan fingerprint density at radius 3 is 2.82 bits per heavy atom. The largest absolute Gasteiger partial charge is 0.463 e. The highest BCUT2D eigenvalue weighted by Gasteiger charge is 2.33. The first-order chi connectivity index (χ1) is 18.9. The first-order valence-electron chi connectivity index (χ1n) is 12.6. The Bertz CT molecular complexity index is 1570. The molecule has 1 aliphatic rings. The molecule has 198 valence electrons. The third-order valence-corrected chi connectivity index (χ3v) is 6.57. The SMILES string of the molecule is CCOC(=O)C(ON=C=C1CC1c1ccc2c(c1)nc(CNc1ccc(C(=N)N)cc1)n2C)c1cccnc1. The summed E-state index contributed by atoms with van der Waals surface area (Å²) in [6.07, 6.45) is 3.00. The minimum atomic E-state index is -0.993. The number of benzene rings is 2. The molecule has 0 radical (unpaired) electrons. The molecule has 1 saturated carbocycles. The molecule has 2 aromatic heterocycles. The lowest BCUT2D eigenvalue weighted by Gasteiger charge is -2.12. The number of nitrogens with two attached hydrogens (primary N) is 1. The van der Waals surface area contributed by atoms with Crippen LogP contribution in [-0.4, -0.2) is 38.8 Å². The number of nitrogen functional groups attached to an aromatic ring is 1. The molecule has 0 amide bonds. The Balaban J connectivity index is 1.26. The fourth-order valence-corrected chi connectivity index (χ4v) is 4.32. The summed E-state index contributed by atoms with van der Waals surface area (Å²) >= 11 is 0. The maximum Gasteiger partial charge on any atom is 0.355 e. The molecule has 4 aromatic rings. The smallest absolute Gasteiger partial charge is 0.355 e. The highest BCUT2D eigenvalue weighted by molar-refractivity contribution is 5.95. The van der Waals surface area contributed by atoms with Crippen LogP contribution in [0.3, 0.4) is 0 Å². The van der Waals surface area contributed by atoms with Gasteiger partial charge < -0.3 is 25.2 Å². The van der Waals surface area contributed by atoms with Gasteiger partial charge in [-0.2, -0.15) is 0 Å². The van der Waals surface area contributed by atoms with Gasteiger partial charge in [-0.05, 0) is 66.5 Å². The molecule has 2 unspecified atom stereocenters. The van der Waals surface area contributed by atoms with E-state index in [1.54, 1.807) is 31.5 Å². The van der Waals surface area contributed by atoms with Gasteiger partial charge in [0.2, 0.25) is 0 Å². The number of anilines is 1. The quantitative estimate of drug-likeness (QED) is 0.123. The minimum absolute atomic E-state index is 0.0470. The highest BCUT2D eigenvalue weighted by Crippen LogP contribution is 2.45. The Labute approximate surface area is 225 Å². The number of ether oxygens (including phenoxy) is 1. The van der Waals surface area contributed by atoms with Crippen molar-refractivity contribution in [3.8, 4) is 0 Å². The molecular weight excluding hydrogens is 494 g/mol. The van der Waals surface area contributed by atoms with Crippen molar-refractivity contribution in [1.82, 2.24) is 14.5 Å². The second-order valence-corrected chi connectivity index (χ2v) is 9.19. The Kier molecular flexibility index (Phi) is 7.38. The van der Waals surface area contributed by atoms with Crippen molar-refractivity contribution in [3.63, 3.8) is 0 Å². The maximum atomic E-state index is 12.3. The second-order valence-electron chi connectivity index (χ2n) is 9.19. The number of aryl methyl sites for hydroxylation is 1. The third kappa shape index (κ3) is 5.81. The number of imidazole rings is 1. The van der Waals surface area contributed by atoms with Gasteiger partial charge in [-0.1, -0.05) is 12.1 Å². The predicted octanol–water partition coefficient (Wildman–Crippen LogP) is 4.18. The first-order valence-corrected chi connectivity index (χ1v) is 12.6. The lowest BCUT2D eigenvalue weighted by atomic mass is 10.1. The number of esters is 1. The average Bonchev–Trinajstić information content (AvgIpc) is 3.66. The summed E-state index contributed by atoms with van der Waals surface area (Å²) in [5.41, 5.74) is 11.8. The maximum absolute atomic E-state index is 12.3. The normalized spacial score (nSPS) is 14.8. The van der Waals surface area contributed by atoms with Crippen molar-refractivity contribution >= 4 is 34.4 Å². The summed E-state index contributed by atoms with van der Waals surface area (Å²) < 4.78 is 7.19. The van der Waals surface area contributed by atoms with Crippen LogP contribution in [0.4, 0.5) is 5.69 Å². The van der Waals surface area contributed by atoms with Gasteiger partial charge in [-0.25, -0.2) is 9.78 Å².